The van der Waals surface area contributed by atoms with Crippen molar-refractivity contribution >= 4 is 0 Å². The van der Waals surface area contributed by atoms with Crippen LogP contribution < -0.4 is 5.32 Å². The maximum atomic E-state index is 5.14. The molecule has 2 heteroatoms. The SMILES string of the molecule is CC1(C)CCCC1CNC1COC1. The summed E-state index contributed by atoms with van der Waals surface area (Å²) in [5, 5.41) is 3.59. The van der Waals surface area contributed by atoms with Gasteiger partial charge in [0.25, 0.3) is 0 Å². The molecule has 1 N–H and O–H groups in total. The minimum absolute atomic E-state index is 0.567. The molecule has 0 amide bonds. The van der Waals surface area contributed by atoms with Gasteiger partial charge < -0.3 is 10.1 Å². The fraction of sp³-hybridized carbons (Fsp3) is 1.00. The van der Waals surface area contributed by atoms with E-state index in [1.54, 1.807) is 0 Å². The van der Waals surface area contributed by atoms with Crippen molar-refractivity contribution in [2.45, 2.75) is 39.2 Å². The Morgan fingerprint density at radius 2 is 2.15 bits per heavy atom. The highest BCUT2D eigenvalue weighted by Gasteiger charge is 2.34. The van der Waals surface area contributed by atoms with E-state index in [0.717, 1.165) is 19.1 Å². The first-order chi connectivity index (χ1) is 6.18. The van der Waals surface area contributed by atoms with Crippen LogP contribution in [0.25, 0.3) is 0 Å². The topological polar surface area (TPSA) is 21.3 Å². The van der Waals surface area contributed by atoms with Crippen molar-refractivity contribution < 1.29 is 4.74 Å². The number of hydrogen-bond donors (Lipinski definition) is 1. The van der Waals surface area contributed by atoms with Crippen molar-refractivity contribution in [2.75, 3.05) is 19.8 Å². The summed E-state index contributed by atoms with van der Waals surface area (Å²) in [6, 6.07) is 0.649. The van der Waals surface area contributed by atoms with E-state index in [2.05, 4.69) is 19.2 Å². The third-order valence-electron chi connectivity index (χ3n) is 3.77. The molecule has 2 rings (SSSR count). The van der Waals surface area contributed by atoms with Gasteiger partial charge in [-0.15, -0.1) is 0 Å². The summed E-state index contributed by atoms with van der Waals surface area (Å²) in [5.41, 5.74) is 0.567. The molecule has 0 radical (unpaired) electrons. The fourth-order valence-electron chi connectivity index (χ4n) is 2.44. The smallest absolute Gasteiger partial charge is 0.0643 e. The second kappa shape index (κ2) is 3.58. The average Bonchev–Trinajstić information content (AvgIpc) is 2.27. The first kappa shape index (κ1) is 9.47. The summed E-state index contributed by atoms with van der Waals surface area (Å²) in [4.78, 5) is 0. The third-order valence-corrected chi connectivity index (χ3v) is 3.77. The van der Waals surface area contributed by atoms with E-state index in [4.69, 9.17) is 4.74 Å². The van der Waals surface area contributed by atoms with Crippen molar-refractivity contribution in [3.63, 3.8) is 0 Å². The van der Waals surface area contributed by atoms with Crippen LogP contribution in [0.1, 0.15) is 33.1 Å². The zero-order valence-electron chi connectivity index (χ0n) is 8.81. The standard InChI is InChI=1S/C11H21NO/c1-11(2)5-3-4-9(11)6-12-10-7-13-8-10/h9-10,12H,3-8H2,1-2H3. The van der Waals surface area contributed by atoms with Crippen molar-refractivity contribution in [3.05, 3.63) is 0 Å². The number of nitrogens with one attached hydrogen (secondary N) is 1. The summed E-state index contributed by atoms with van der Waals surface area (Å²) in [5.74, 6) is 0.882. The van der Waals surface area contributed by atoms with E-state index in [9.17, 15) is 0 Å². The van der Waals surface area contributed by atoms with Crippen LogP contribution >= 0.6 is 0 Å². The van der Waals surface area contributed by atoms with Gasteiger partial charge in [0, 0.05) is 0 Å². The van der Waals surface area contributed by atoms with Gasteiger partial charge >= 0.3 is 0 Å². The Bertz CT molecular complexity index is 175. The molecule has 1 saturated carbocycles. The molecule has 0 aromatic carbocycles. The molecule has 1 aliphatic carbocycles. The van der Waals surface area contributed by atoms with Crippen molar-refractivity contribution in [1.29, 1.82) is 0 Å². The molecule has 2 fully saturated rings. The highest BCUT2D eigenvalue weighted by molar-refractivity contribution is 4.87. The Hall–Kier alpha value is -0.0800. The van der Waals surface area contributed by atoms with Gasteiger partial charge in [0.1, 0.15) is 0 Å². The van der Waals surface area contributed by atoms with E-state index in [1.807, 2.05) is 0 Å². The Kier molecular flexibility index (Phi) is 2.61. The van der Waals surface area contributed by atoms with E-state index < -0.39 is 0 Å². The third kappa shape index (κ3) is 2.05. The van der Waals surface area contributed by atoms with Gasteiger partial charge in [-0.3, -0.25) is 0 Å². The number of ether oxygens (including phenoxy) is 1. The lowest BCUT2D eigenvalue weighted by atomic mass is 9.82. The predicted molar refractivity (Wildman–Crippen MR) is 53.7 cm³/mol. The van der Waals surface area contributed by atoms with Crippen LogP contribution in [0.15, 0.2) is 0 Å². The van der Waals surface area contributed by atoms with Crippen LogP contribution in [0.4, 0.5) is 0 Å². The highest BCUT2D eigenvalue weighted by atomic mass is 16.5. The molecular weight excluding hydrogens is 162 g/mol. The van der Waals surface area contributed by atoms with Gasteiger partial charge in [-0.25, -0.2) is 0 Å². The van der Waals surface area contributed by atoms with Crippen LogP contribution in [-0.2, 0) is 4.74 Å². The number of hydrogen-bond acceptors (Lipinski definition) is 2. The predicted octanol–water partition coefficient (Wildman–Crippen LogP) is 1.80. The average molecular weight is 183 g/mol. The minimum Gasteiger partial charge on any atom is -0.378 e. The van der Waals surface area contributed by atoms with Gasteiger partial charge in [0.2, 0.25) is 0 Å². The molecule has 1 heterocycles. The van der Waals surface area contributed by atoms with E-state index in [-0.39, 0.29) is 0 Å². The number of rotatable bonds is 3. The van der Waals surface area contributed by atoms with Gasteiger partial charge in [0.15, 0.2) is 0 Å². The lowest BCUT2D eigenvalue weighted by molar-refractivity contribution is -0.00813. The van der Waals surface area contributed by atoms with Crippen LogP contribution in [0, 0.1) is 11.3 Å². The maximum absolute atomic E-state index is 5.14. The molecule has 0 aromatic rings. The monoisotopic (exact) mass is 183 g/mol. The summed E-state index contributed by atoms with van der Waals surface area (Å²) < 4.78 is 5.14. The Labute approximate surface area is 81.0 Å². The van der Waals surface area contributed by atoms with Crippen molar-refractivity contribution in [1.82, 2.24) is 5.32 Å². The molecule has 0 spiro atoms. The van der Waals surface area contributed by atoms with Crippen LogP contribution in [0.2, 0.25) is 0 Å². The molecule has 2 nitrogen and oxygen atoms in total. The second-order valence-corrected chi connectivity index (χ2v) is 5.22. The molecule has 1 aliphatic heterocycles. The highest BCUT2D eigenvalue weighted by Crippen LogP contribution is 2.42. The molecule has 0 aromatic heterocycles. The van der Waals surface area contributed by atoms with Gasteiger partial charge in [0.05, 0.1) is 19.3 Å². The molecule has 0 bridgehead atoms. The summed E-state index contributed by atoms with van der Waals surface area (Å²) in [6.07, 6.45) is 4.23. The maximum Gasteiger partial charge on any atom is 0.0643 e. The van der Waals surface area contributed by atoms with Crippen molar-refractivity contribution in [3.8, 4) is 0 Å². The van der Waals surface area contributed by atoms with Gasteiger partial charge in [-0.1, -0.05) is 20.3 Å². The zero-order chi connectivity index (χ0) is 9.31. The van der Waals surface area contributed by atoms with Gasteiger partial charge in [-0.2, -0.15) is 0 Å². The summed E-state index contributed by atoms with van der Waals surface area (Å²) in [6.45, 7) is 7.86. The first-order valence-corrected chi connectivity index (χ1v) is 5.49. The summed E-state index contributed by atoms with van der Waals surface area (Å²) in [7, 11) is 0. The summed E-state index contributed by atoms with van der Waals surface area (Å²) >= 11 is 0. The van der Waals surface area contributed by atoms with Crippen molar-refractivity contribution in [2.24, 2.45) is 11.3 Å². The quantitative estimate of drug-likeness (QED) is 0.720. The molecule has 2 aliphatic rings. The Balaban J connectivity index is 1.73. The van der Waals surface area contributed by atoms with E-state index in [1.165, 1.54) is 25.8 Å². The Morgan fingerprint density at radius 1 is 1.38 bits per heavy atom. The van der Waals surface area contributed by atoms with E-state index in [0.29, 0.717) is 11.5 Å². The fourth-order valence-corrected chi connectivity index (χ4v) is 2.44. The van der Waals surface area contributed by atoms with Crippen LogP contribution in [0.5, 0.6) is 0 Å². The molecule has 76 valence electrons. The Morgan fingerprint density at radius 3 is 2.62 bits per heavy atom. The van der Waals surface area contributed by atoms with Gasteiger partial charge in [-0.05, 0) is 30.7 Å². The molecule has 1 unspecified atom stereocenters. The second-order valence-electron chi connectivity index (χ2n) is 5.22. The zero-order valence-corrected chi connectivity index (χ0v) is 8.81. The van der Waals surface area contributed by atoms with E-state index >= 15 is 0 Å². The van der Waals surface area contributed by atoms with Crippen LogP contribution in [0.3, 0.4) is 0 Å². The normalized spacial score (nSPS) is 33.2. The molecular formula is C11H21NO. The molecule has 13 heavy (non-hydrogen) atoms. The molecule has 1 saturated heterocycles. The largest absolute Gasteiger partial charge is 0.378 e. The lowest BCUT2D eigenvalue weighted by Gasteiger charge is -2.32. The lowest BCUT2D eigenvalue weighted by Crippen LogP contribution is -2.48. The first-order valence-electron chi connectivity index (χ1n) is 5.49. The minimum atomic E-state index is 0.567. The molecule has 1 atom stereocenters. The van der Waals surface area contributed by atoms with Crippen LogP contribution in [-0.4, -0.2) is 25.8 Å².